The zero-order valence-corrected chi connectivity index (χ0v) is 12.3. The predicted octanol–water partition coefficient (Wildman–Crippen LogP) is 4.20. The van der Waals surface area contributed by atoms with E-state index in [0.717, 1.165) is 30.3 Å². The molecule has 1 unspecified atom stereocenters. The molecule has 120 valence electrons. The first-order valence-electron chi connectivity index (χ1n) is 6.45. The lowest BCUT2D eigenvalue weighted by atomic mass is 9.87. The Morgan fingerprint density at radius 3 is 2.22 bits per heavy atom. The molecule has 2 aromatic rings. The number of ketones is 1. The number of carbonyl (C=O) groups excluding carboxylic acids is 1. The molecule has 1 N–H and O–H groups in total. The monoisotopic (exact) mass is 342 g/mol. The van der Waals surface area contributed by atoms with Crippen molar-refractivity contribution in [2.45, 2.75) is 12.3 Å². The first kappa shape index (κ1) is 17.0. The van der Waals surface area contributed by atoms with Gasteiger partial charge in [0.15, 0.2) is 5.78 Å². The Bertz CT molecular complexity index is 760. The second-order valence-corrected chi connectivity index (χ2v) is 5.19. The van der Waals surface area contributed by atoms with Crippen LogP contribution in [0.3, 0.4) is 0 Å². The van der Waals surface area contributed by atoms with Gasteiger partial charge in [0.2, 0.25) is 0 Å². The maximum Gasteiger partial charge on any atom is 0.304 e. The van der Waals surface area contributed by atoms with E-state index in [-0.39, 0.29) is 11.1 Å². The van der Waals surface area contributed by atoms with E-state index in [0.29, 0.717) is 6.07 Å². The number of benzene rings is 2. The number of halogens is 4. The van der Waals surface area contributed by atoms with E-state index in [2.05, 4.69) is 0 Å². The van der Waals surface area contributed by atoms with Crippen molar-refractivity contribution in [1.29, 1.82) is 0 Å². The molecule has 0 aliphatic heterocycles. The number of aliphatic carboxylic acids is 1. The summed E-state index contributed by atoms with van der Waals surface area (Å²) in [6.07, 6.45) is -0.710. The number of carboxylic acids is 1. The Labute approximate surface area is 134 Å². The highest BCUT2D eigenvalue weighted by molar-refractivity contribution is 6.32. The number of hydrogen-bond acceptors (Lipinski definition) is 2. The number of hydrogen-bond donors (Lipinski definition) is 1. The van der Waals surface area contributed by atoms with Crippen LogP contribution in [-0.2, 0) is 4.79 Å². The molecule has 3 nitrogen and oxygen atoms in total. The fraction of sp³-hybridized carbons (Fsp3) is 0.125. The van der Waals surface area contributed by atoms with Gasteiger partial charge in [-0.05, 0) is 35.9 Å². The molecular weight excluding hydrogens is 333 g/mol. The molecule has 1 atom stereocenters. The molecule has 0 saturated heterocycles. The van der Waals surface area contributed by atoms with Crippen LogP contribution in [0, 0.1) is 17.5 Å². The van der Waals surface area contributed by atoms with E-state index in [1.807, 2.05) is 0 Å². The van der Waals surface area contributed by atoms with Crippen LogP contribution < -0.4 is 0 Å². The summed E-state index contributed by atoms with van der Waals surface area (Å²) in [5, 5.41) is 8.45. The van der Waals surface area contributed by atoms with Gasteiger partial charge in [-0.25, -0.2) is 13.2 Å². The summed E-state index contributed by atoms with van der Waals surface area (Å²) in [4.78, 5) is 23.5. The molecular formula is C16H10ClF3O3. The summed E-state index contributed by atoms with van der Waals surface area (Å²) in [7, 11) is 0. The zero-order valence-electron chi connectivity index (χ0n) is 11.5. The van der Waals surface area contributed by atoms with E-state index in [9.17, 15) is 22.8 Å². The van der Waals surface area contributed by atoms with Crippen LogP contribution in [0.1, 0.15) is 28.3 Å². The largest absolute Gasteiger partial charge is 0.481 e. The molecule has 0 bridgehead atoms. The van der Waals surface area contributed by atoms with Crippen molar-refractivity contribution in [3.8, 4) is 0 Å². The van der Waals surface area contributed by atoms with Gasteiger partial charge in [0.25, 0.3) is 0 Å². The Morgan fingerprint density at radius 2 is 1.65 bits per heavy atom. The van der Waals surface area contributed by atoms with Crippen LogP contribution in [0.2, 0.25) is 5.02 Å². The van der Waals surface area contributed by atoms with E-state index in [1.165, 1.54) is 0 Å². The third kappa shape index (κ3) is 3.90. The first-order chi connectivity index (χ1) is 10.8. The lowest BCUT2D eigenvalue weighted by Crippen LogP contribution is -2.18. The molecule has 2 rings (SSSR count). The van der Waals surface area contributed by atoms with E-state index in [4.69, 9.17) is 16.7 Å². The van der Waals surface area contributed by atoms with Gasteiger partial charge in [-0.15, -0.1) is 0 Å². The fourth-order valence-electron chi connectivity index (χ4n) is 2.16. The van der Waals surface area contributed by atoms with Crippen LogP contribution in [0.4, 0.5) is 13.2 Å². The standard InChI is InChI=1S/C16H10ClF3O3/c17-15-11(5-10(19)6-13(15)20)12(7-14(21)22)16(23)8-1-3-9(18)4-2-8/h1-6,12H,7H2,(H,21,22). The third-order valence-corrected chi connectivity index (χ3v) is 3.62. The normalized spacial score (nSPS) is 12.0. The van der Waals surface area contributed by atoms with E-state index >= 15 is 0 Å². The molecule has 0 aromatic heterocycles. The van der Waals surface area contributed by atoms with Crippen molar-refractivity contribution in [1.82, 2.24) is 0 Å². The van der Waals surface area contributed by atoms with E-state index in [1.54, 1.807) is 0 Å². The van der Waals surface area contributed by atoms with Crippen LogP contribution in [0.5, 0.6) is 0 Å². The van der Waals surface area contributed by atoms with Crippen LogP contribution in [-0.4, -0.2) is 16.9 Å². The SMILES string of the molecule is O=C(O)CC(C(=O)c1ccc(F)cc1)c1cc(F)cc(F)c1Cl. The maximum atomic E-state index is 13.6. The minimum absolute atomic E-state index is 0.0124. The van der Waals surface area contributed by atoms with Crippen molar-refractivity contribution < 1.29 is 27.9 Å². The van der Waals surface area contributed by atoms with Crippen molar-refractivity contribution >= 4 is 23.4 Å². The van der Waals surface area contributed by atoms with Gasteiger partial charge in [0, 0.05) is 11.6 Å². The smallest absolute Gasteiger partial charge is 0.304 e. The molecule has 0 aliphatic rings. The highest BCUT2D eigenvalue weighted by Gasteiger charge is 2.28. The van der Waals surface area contributed by atoms with Crippen LogP contribution in [0.25, 0.3) is 0 Å². The summed E-state index contributed by atoms with van der Waals surface area (Å²) >= 11 is 5.75. The molecule has 0 saturated carbocycles. The Morgan fingerprint density at radius 1 is 1.04 bits per heavy atom. The molecule has 0 aliphatic carbocycles. The molecule has 0 spiro atoms. The number of carbonyl (C=O) groups is 2. The van der Waals surface area contributed by atoms with Crippen LogP contribution >= 0.6 is 11.6 Å². The Kier molecular flexibility index (Phi) is 5.05. The molecule has 0 radical (unpaired) electrons. The average molecular weight is 343 g/mol. The summed E-state index contributed by atoms with van der Waals surface area (Å²) in [6.45, 7) is 0. The third-order valence-electron chi connectivity index (χ3n) is 3.22. The van der Waals surface area contributed by atoms with Gasteiger partial charge < -0.3 is 5.11 Å². The molecule has 0 amide bonds. The van der Waals surface area contributed by atoms with Gasteiger partial charge >= 0.3 is 5.97 Å². The minimum atomic E-state index is -1.39. The highest BCUT2D eigenvalue weighted by atomic mass is 35.5. The number of carboxylic acid groups (broad SMARTS) is 1. The lowest BCUT2D eigenvalue weighted by Gasteiger charge is -2.16. The predicted molar refractivity (Wildman–Crippen MR) is 77.1 cm³/mol. The maximum absolute atomic E-state index is 13.6. The van der Waals surface area contributed by atoms with E-state index < -0.39 is 46.6 Å². The Balaban J connectivity index is 2.51. The van der Waals surface area contributed by atoms with Crippen molar-refractivity contribution in [3.05, 3.63) is 70.0 Å². The van der Waals surface area contributed by atoms with Gasteiger partial charge in [-0.2, -0.15) is 0 Å². The second kappa shape index (κ2) is 6.83. The van der Waals surface area contributed by atoms with Gasteiger partial charge in [-0.3, -0.25) is 9.59 Å². The topological polar surface area (TPSA) is 54.4 Å². The number of Topliss-reactive ketones (excluding diaryl/α,β-unsaturated/α-hetero) is 1. The Hall–Kier alpha value is -2.34. The minimum Gasteiger partial charge on any atom is -0.481 e. The van der Waals surface area contributed by atoms with Crippen molar-refractivity contribution in [2.24, 2.45) is 0 Å². The van der Waals surface area contributed by atoms with Crippen molar-refractivity contribution in [2.75, 3.05) is 0 Å². The summed E-state index contributed by atoms with van der Waals surface area (Å²) < 4.78 is 39.9. The zero-order chi connectivity index (χ0) is 17.1. The fourth-order valence-corrected chi connectivity index (χ4v) is 2.40. The highest BCUT2D eigenvalue weighted by Crippen LogP contribution is 2.33. The summed E-state index contributed by atoms with van der Waals surface area (Å²) in [5.41, 5.74) is -0.251. The summed E-state index contributed by atoms with van der Waals surface area (Å²) in [5.74, 6) is -6.11. The van der Waals surface area contributed by atoms with Crippen LogP contribution in [0.15, 0.2) is 36.4 Å². The molecule has 7 heteroatoms. The number of rotatable bonds is 5. The molecule has 0 heterocycles. The quantitative estimate of drug-likeness (QED) is 0.654. The second-order valence-electron chi connectivity index (χ2n) is 4.81. The van der Waals surface area contributed by atoms with Crippen molar-refractivity contribution in [3.63, 3.8) is 0 Å². The van der Waals surface area contributed by atoms with Gasteiger partial charge in [-0.1, -0.05) is 11.6 Å². The molecule has 2 aromatic carbocycles. The first-order valence-corrected chi connectivity index (χ1v) is 6.83. The van der Waals surface area contributed by atoms with Gasteiger partial charge in [0.05, 0.1) is 17.4 Å². The lowest BCUT2D eigenvalue weighted by molar-refractivity contribution is -0.137. The average Bonchev–Trinajstić information content (AvgIpc) is 2.48. The summed E-state index contributed by atoms with van der Waals surface area (Å²) in [6, 6.07) is 5.73. The van der Waals surface area contributed by atoms with Gasteiger partial charge in [0.1, 0.15) is 17.5 Å². The molecule has 23 heavy (non-hydrogen) atoms. The molecule has 0 fully saturated rings.